The van der Waals surface area contributed by atoms with E-state index >= 15 is 0 Å². The summed E-state index contributed by atoms with van der Waals surface area (Å²) in [4.78, 5) is 46.9. The molecule has 2 rings (SSSR count). The summed E-state index contributed by atoms with van der Waals surface area (Å²) in [5.41, 5.74) is -2.14. The van der Waals surface area contributed by atoms with Gasteiger partial charge in [-0.15, -0.1) is 0 Å². The van der Waals surface area contributed by atoms with Gasteiger partial charge in [0.1, 0.15) is 13.2 Å². The average Bonchev–Trinajstić information content (AvgIpc) is 2.80. The Morgan fingerprint density at radius 3 is 1.14 bits per heavy atom. The molecule has 7 nitrogen and oxygen atoms in total. The van der Waals surface area contributed by atoms with E-state index in [4.69, 9.17) is 4.74 Å². The highest BCUT2D eigenvalue weighted by atomic mass is 19.4. The second-order valence-electron chi connectivity index (χ2n) is 6.81. The second kappa shape index (κ2) is 11.6. The molecule has 0 saturated carbocycles. The second-order valence-corrected chi connectivity index (χ2v) is 6.81. The van der Waals surface area contributed by atoms with Crippen molar-refractivity contribution < 1.29 is 59.7 Å². The van der Waals surface area contributed by atoms with E-state index in [1.54, 1.807) is 0 Å². The number of esters is 2. The van der Waals surface area contributed by atoms with E-state index in [1.165, 1.54) is 0 Å². The van der Waals surface area contributed by atoms with E-state index in [-0.39, 0.29) is 11.1 Å². The number of carbonyl (C=O) groups excluding carboxylic acids is 4. The zero-order valence-corrected chi connectivity index (χ0v) is 17.6. The van der Waals surface area contributed by atoms with Crippen LogP contribution in [0.3, 0.4) is 0 Å². The van der Waals surface area contributed by atoms with Gasteiger partial charge in [0.15, 0.2) is 24.8 Å². The van der Waals surface area contributed by atoms with E-state index in [0.29, 0.717) is 24.3 Å². The van der Waals surface area contributed by atoms with Crippen molar-refractivity contribution in [3.63, 3.8) is 0 Å². The molecule has 35 heavy (non-hydrogen) atoms. The number of benzene rings is 2. The molecule has 0 radical (unpaired) electrons. The lowest BCUT2D eigenvalue weighted by molar-refractivity contribution is -0.154. The number of carbonyl (C=O) groups is 4. The quantitative estimate of drug-likeness (QED) is 0.274. The van der Waals surface area contributed by atoms with Gasteiger partial charge >= 0.3 is 24.3 Å². The largest absolute Gasteiger partial charge is 0.456 e. The topological polar surface area (TPSA) is 96.0 Å². The van der Waals surface area contributed by atoms with Crippen LogP contribution in [0.5, 0.6) is 0 Å². The average molecular weight is 506 g/mol. The van der Waals surface area contributed by atoms with Crippen LogP contribution in [0.15, 0.2) is 48.5 Å². The lowest BCUT2D eigenvalue weighted by Gasteiger charge is -2.08. The van der Waals surface area contributed by atoms with E-state index in [1.807, 2.05) is 0 Å². The molecule has 0 fully saturated rings. The van der Waals surface area contributed by atoms with Gasteiger partial charge in [-0.1, -0.05) is 24.3 Å². The summed E-state index contributed by atoms with van der Waals surface area (Å²) in [6, 6.07) is 6.51. The molecule has 0 aliphatic carbocycles. The molecule has 188 valence electrons. The highest BCUT2D eigenvalue weighted by Gasteiger charge is 2.31. The Labute approximate surface area is 193 Å². The van der Waals surface area contributed by atoms with Crippen molar-refractivity contribution >= 4 is 23.5 Å². The van der Waals surface area contributed by atoms with Crippen LogP contribution in [-0.2, 0) is 36.2 Å². The first-order chi connectivity index (χ1) is 16.3. The molecular formula is C22H16F6O7. The number of halogens is 6. The summed E-state index contributed by atoms with van der Waals surface area (Å²) in [5, 5.41) is 0. The third kappa shape index (κ3) is 8.85. The van der Waals surface area contributed by atoms with Gasteiger partial charge in [-0.2, -0.15) is 26.3 Å². The van der Waals surface area contributed by atoms with Crippen LogP contribution >= 0.6 is 0 Å². The molecule has 0 amide bonds. The fraction of sp³-hybridized carbons (Fsp3) is 0.273. The summed E-state index contributed by atoms with van der Waals surface area (Å²) in [6.45, 7) is -3.11. The van der Waals surface area contributed by atoms with Crippen LogP contribution in [-0.4, -0.2) is 49.9 Å². The Morgan fingerprint density at radius 2 is 0.857 bits per heavy atom. The van der Waals surface area contributed by atoms with E-state index < -0.39 is 73.4 Å². The predicted molar refractivity (Wildman–Crippen MR) is 104 cm³/mol. The minimum absolute atomic E-state index is 0.118. The maximum atomic E-state index is 12.5. The van der Waals surface area contributed by atoms with Crippen molar-refractivity contribution in [1.82, 2.24) is 0 Å². The van der Waals surface area contributed by atoms with E-state index in [2.05, 4.69) is 9.47 Å². The smallest absolute Gasteiger partial charge is 0.416 e. The Balaban J connectivity index is 1.67. The number of ether oxygens (including phenoxy) is 3. The van der Waals surface area contributed by atoms with Crippen molar-refractivity contribution in [3.05, 3.63) is 70.8 Å². The molecule has 0 N–H and O–H groups in total. The Kier molecular flexibility index (Phi) is 9.12. The van der Waals surface area contributed by atoms with Gasteiger partial charge in [-0.25, -0.2) is 9.59 Å². The molecule has 0 saturated heterocycles. The number of hydrogen-bond donors (Lipinski definition) is 0. The molecule has 0 unspecified atom stereocenters. The van der Waals surface area contributed by atoms with Crippen LogP contribution in [0.1, 0.15) is 31.8 Å². The molecule has 0 bridgehead atoms. The Morgan fingerprint density at radius 1 is 0.543 bits per heavy atom. The van der Waals surface area contributed by atoms with Crippen LogP contribution in [0.4, 0.5) is 26.3 Å². The number of rotatable bonds is 10. The summed E-state index contributed by atoms with van der Waals surface area (Å²) in [7, 11) is 0. The summed E-state index contributed by atoms with van der Waals surface area (Å²) in [5.74, 6) is -3.65. The van der Waals surface area contributed by atoms with Crippen LogP contribution in [0.2, 0.25) is 0 Å². The summed E-state index contributed by atoms with van der Waals surface area (Å²) < 4.78 is 89.0. The van der Waals surface area contributed by atoms with Gasteiger partial charge in [0.05, 0.1) is 11.1 Å². The van der Waals surface area contributed by atoms with E-state index in [9.17, 15) is 45.5 Å². The summed E-state index contributed by atoms with van der Waals surface area (Å²) in [6.07, 6.45) is -9.13. The van der Waals surface area contributed by atoms with Crippen LogP contribution < -0.4 is 0 Å². The van der Waals surface area contributed by atoms with Crippen LogP contribution in [0, 0.1) is 0 Å². The highest BCUT2D eigenvalue weighted by molar-refractivity contribution is 5.98. The third-order valence-electron chi connectivity index (χ3n) is 4.24. The Hall–Kier alpha value is -3.74. The molecular weight excluding hydrogens is 490 g/mol. The molecule has 0 heterocycles. The third-order valence-corrected chi connectivity index (χ3v) is 4.24. The first kappa shape index (κ1) is 27.5. The molecule has 0 aromatic heterocycles. The minimum Gasteiger partial charge on any atom is -0.456 e. The number of alkyl halides is 6. The maximum Gasteiger partial charge on any atom is 0.416 e. The maximum absolute atomic E-state index is 12.5. The van der Waals surface area contributed by atoms with Gasteiger partial charge in [0.25, 0.3) is 0 Å². The Bertz CT molecular complexity index is 972. The van der Waals surface area contributed by atoms with Gasteiger partial charge in [-0.05, 0) is 24.3 Å². The number of ketones is 2. The van der Waals surface area contributed by atoms with Gasteiger partial charge in [0.2, 0.25) is 0 Å². The first-order valence-corrected chi connectivity index (χ1v) is 9.57. The molecule has 2 aromatic carbocycles. The van der Waals surface area contributed by atoms with E-state index in [0.717, 1.165) is 24.3 Å². The predicted octanol–water partition coefficient (Wildman–Crippen LogP) is 3.89. The lowest BCUT2D eigenvalue weighted by atomic mass is 10.1. The molecule has 0 spiro atoms. The zero-order valence-electron chi connectivity index (χ0n) is 17.6. The standard InChI is InChI=1S/C22H16F6O7/c23-21(24,25)15-5-1-13(2-6-15)17(29)9-34-19(31)11-33-12-20(32)35-10-18(30)14-3-7-16(8-4-14)22(26,27)28/h1-8H,9-12H2. The molecule has 13 heteroatoms. The molecule has 0 aliphatic heterocycles. The summed E-state index contributed by atoms with van der Waals surface area (Å²) >= 11 is 0. The van der Waals surface area contributed by atoms with Gasteiger partial charge in [0, 0.05) is 11.1 Å². The van der Waals surface area contributed by atoms with Crippen molar-refractivity contribution in [2.24, 2.45) is 0 Å². The normalized spacial score (nSPS) is 11.6. The van der Waals surface area contributed by atoms with Crippen LogP contribution in [0.25, 0.3) is 0 Å². The fourth-order valence-corrected chi connectivity index (χ4v) is 2.45. The number of hydrogen-bond acceptors (Lipinski definition) is 7. The van der Waals surface area contributed by atoms with Gasteiger partial charge in [-0.3, -0.25) is 9.59 Å². The molecule has 2 aromatic rings. The minimum atomic E-state index is -4.57. The fourth-order valence-electron chi connectivity index (χ4n) is 2.45. The number of Topliss-reactive ketones (excluding diaryl/α,β-unsaturated/α-hetero) is 2. The van der Waals surface area contributed by atoms with Crippen molar-refractivity contribution in [3.8, 4) is 0 Å². The highest BCUT2D eigenvalue weighted by Crippen LogP contribution is 2.30. The van der Waals surface area contributed by atoms with Crippen molar-refractivity contribution in [1.29, 1.82) is 0 Å². The monoisotopic (exact) mass is 506 g/mol. The van der Waals surface area contributed by atoms with Crippen molar-refractivity contribution in [2.75, 3.05) is 26.4 Å². The molecule has 0 atom stereocenters. The van der Waals surface area contributed by atoms with Crippen molar-refractivity contribution in [2.45, 2.75) is 12.4 Å². The SMILES string of the molecule is O=C(COCC(=O)OCC(=O)c1ccc(C(F)(F)F)cc1)OCC(=O)c1ccc(C(F)(F)F)cc1. The zero-order chi connectivity index (χ0) is 26.2. The van der Waals surface area contributed by atoms with Gasteiger partial charge < -0.3 is 14.2 Å². The lowest BCUT2D eigenvalue weighted by Crippen LogP contribution is -2.22. The first-order valence-electron chi connectivity index (χ1n) is 9.57. The molecule has 0 aliphatic rings.